The van der Waals surface area contributed by atoms with Crippen molar-refractivity contribution in [3.63, 3.8) is 0 Å². The van der Waals surface area contributed by atoms with E-state index in [0.29, 0.717) is 37.7 Å². The van der Waals surface area contributed by atoms with E-state index in [1.54, 1.807) is 17.0 Å². The second kappa shape index (κ2) is 5.77. The molecule has 1 aromatic carbocycles. The molecule has 0 radical (unpaired) electrons. The molecular formula is C14H18N2O5S. The molecule has 0 saturated carbocycles. The van der Waals surface area contributed by atoms with E-state index in [9.17, 15) is 13.2 Å². The maximum absolute atomic E-state index is 12.5. The Bertz CT molecular complexity index is 668. The molecule has 8 heteroatoms. The highest BCUT2D eigenvalue weighted by Crippen LogP contribution is 2.31. The Hall–Kier alpha value is -1.80. The highest BCUT2D eigenvalue weighted by molar-refractivity contribution is 7.88. The molecule has 0 spiro atoms. The summed E-state index contributed by atoms with van der Waals surface area (Å²) in [5.74, 6) is 1.03. The number of hydrogen-bond donors (Lipinski definition) is 0. The molecule has 2 heterocycles. The maximum atomic E-state index is 12.5. The molecular weight excluding hydrogens is 308 g/mol. The van der Waals surface area contributed by atoms with Gasteiger partial charge in [0.1, 0.15) is 6.61 Å². The van der Waals surface area contributed by atoms with E-state index < -0.39 is 16.1 Å². The molecule has 7 nitrogen and oxygen atoms in total. The summed E-state index contributed by atoms with van der Waals surface area (Å²) in [5, 5.41) is 0. The van der Waals surface area contributed by atoms with Crippen molar-refractivity contribution >= 4 is 15.9 Å². The van der Waals surface area contributed by atoms with Crippen LogP contribution in [-0.4, -0.2) is 68.7 Å². The first-order valence-corrected chi connectivity index (χ1v) is 8.92. The first-order valence-electron chi connectivity index (χ1n) is 7.07. The van der Waals surface area contributed by atoms with Crippen LogP contribution in [0.2, 0.25) is 0 Å². The van der Waals surface area contributed by atoms with Crippen LogP contribution in [0.3, 0.4) is 0 Å². The van der Waals surface area contributed by atoms with Gasteiger partial charge in [-0.15, -0.1) is 0 Å². The molecule has 1 atom stereocenters. The van der Waals surface area contributed by atoms with Gasteiger partial charge in [0.2, 0.25) is 16.1 Å². The van der Waals surface area contributed by atoms with Gasteiger partial charge >= 0.3 is 0 Å². The van der Waals surface area contributed by atoms with Crippen molar-refractivity contribution in [2.75, 3.05) is 39.0 Å². The predicted molar refractivity (Wildman–Crippen MR) is 79.3 cm³/mol. The van der Waals surface area contributed by atoms with E-state index in [1.165, 1.54) is 10.6 Å². The van der Waals surface area contributed by atoms with Gasteiger partial charge in [-0.25, -0.2) is 8.42 Å². The number of rotatable bonds is 2. The minimum absolute atomic E-state index is 0.164. The molecule has 0 aromatic heterocycles. The Balaban J connectivity index is 1.62. The van der Waals surface area contributed by atoms with Crippen LogP contribution < -0.4 is 9.47 Å². The summed E-state index contributed by atoms with van der Waals surface area (Å²) in [6, 6.07) is 7.21. The van der Waals surface area contributed by atoms with Crippen molar-refractivity contribution in [1.82, 2.24) is 9.21 Å². The number of piperazine rings is 1. The van der Waals surface area contributed by atoms with E-state index >= 15 is 0 Å². The number of fused-ring (bicyclic) bond motifs is 1. The molecule has 2 aliphatic rings. The molecule has 1 unspecified atom stereocenters. The van der Waals surface area contributed by atoms with Gasteiger partial charge in [0.25, 0.3) is 5.91 Å². The summed E-state index contributed by atoms with van der Waals surface area (Å²) in [6.07, 6.45) is 0.499. The fourth-order valence-electron chi connectivity index (χ4n) is 2.58. The third-order valence-electron chi connectivity index (χ3n) is 3.80. The summed E-state index contributed by atoms with van der Waals surface area (Å²) in [6.45, 7) is 1.53. The molecule has 0 aliphatic carbocycles. The monoisotopic (exact) mass is 326 g/mol. The highest BCUT2D eigenvalue weighted by Gasteiger charge is 2.33. The summed E-state index contributed by atoms with van der Waals surface area (Å²) >= 11 is 0. The number of carbonyl (C=O) groups excluding carboxylic acids is 1. The van der Waals surface area contributed by atoms with Crippen LogP contribution in [0.5, 0.6) is 11.5 Å². The number of sulfonamides is 1. The van der Waals surface area contributed by atoms with E-state index in [-0.39, 0.29) is 12.5 Å². The fraction of sp³-hybridized carbons (Fsp3) is 0.500. The van der Waals surface area contributed by atoms with Crippen LogP contribution in [0.1, 0.15) is 0 Å². The summed E-state index contributed by atoms with van der Waals surface area (Å²) in [4.78, 5) is 14.1. The molecule has 3 rings (SSSR count). The van der Waals surface area contributed by atoms with Crippen molar-refractivity contribution in [2.45, 2.75) is 6.10 Å². The molecule has 0 N–H and O–H groups in total. The summed E-state index contributed by atoms with van der Waals surface area (Å²) < 4.78 is 35.6. The van der Waals surface area contributed by atoms with E-state index in [4.69, 9.17) is 9.47 Å². The van der Waals surface area contributed by atoms with Crippen LogP contribution in [0.15, 0.2) is 24.3 Å². The second-order valence-corrected chi connectivity index (χ2v) is 7.33. The lowest BCUT2D eigenvalue weighted by atomic mass is 10.2. The summed E-state index contributed by atoms with van der Waals surface area (Å²) in [5.41, 5.74) is 0. The normalized spacial score (nSPS) is 22.4. The Morgan fingerprint density at radius 3 is 2.41 bits per heavy atom. The first kappa shape index (κ1) is 15.1. The van der Waals surface area contributed by atoms with Gasteiger partial charge in [-0.1, -0.05) is 12.1 Å². The standard InChI is InChI=1S/C14H18N2O5S/c1-22(18,19)16-8-6-15(7-9-16)14(17)13-10-20-11-4-2-3-5-12(11)21-13/h2-5,13H,6-10H2,1H3. The number of ether oxygens (including phenoxy) is 2. The minimum Gasteiger partial charge on any atom is -0.485 e. The molecule has 1 aromatic rings. The average Bonchev–Trinajstić information content (AvgIpc) is 2.53. The van der Waals surface area contributed by atoms with Crippen molar-refractivity contribution in [3.8, 4) is 11.5 Å². The molecule has 22 heavy (non-hydrogen) atoms. The maximum Gasteiger partial charge on any atom is 0.267 e. The lowest BCUT2D eigenvalue weighted by Crippen LogP contribution is -2.54. The lowest BCUT2D eigenvalue weighted by molar-refractivity contribution is -0.142. The van der Waals surface area contributed by atoms with Gasteiger partial charge in [-0.3, -0.25) is 4.79 Å². The highest BCUT2D eigenvalue weighted by atomic mass is 32.2. The zero-order valence-electron chi connectivity index (χ0n) is 12.3. The number of nitrogens with zero attached hydrogens (tertiary/aromatic N) is 2. The first-order chi connectivity index (χ1) is 10.4. The van der Waals surface area contributed by atoms with Gasteiger partial charge in [-0.05, 0) is 12.1 Å². The third kappa shape index (κ3) is 3.02. The van der Waals surface area contributed by atoms with Gasteiger partial charge in [0, 0.05) is 26.2 Å². The Kier molecular flexibility index (Phi) is 3.96. The zero-order valence-corrected chi connectivity index (χ0v) is 13.1. The Morgan fingerprint density at radius 2 is 1.77 bits per heavy atom. The summed E-state index contributed by atoms with van der Waals surface area (Å²) in [7, 11) is -3.20. The molecule has 1 saturated heterocycles. The Labute approximate surface area is 129 Å². The zero-order chi connectivity index (χ0) is 15.7. The second-order valence-electron chi connectivity index (χ2n) is 5.35. The smallest absolute Gasteiger partial charge is 0.267 e. The fourth-order valence-corrected chi connectivity index (χ4v) is 3.41. The molecule has 1 fully saturated rings. The number of benzene rings is 1. The SMILES string of the molecule is CS(=O)(=O)N1CCN(C(=O)C2COc3ccccc3O2)CC1. The van der Waals surface area contributed by atoms with Crippen molar-refractivity contribution in [3.05, 3.63) is 24.3 Å². The van der Waals surface area contributed by atoms with E-state index in [0.717, 1.165) is 0 Å². The van der Waals surface area contributed by atoms with Gasteiger partial charge in [0.05, 0.1) is 6.26 Å². The van der Waals surface area contributed by atoms with Crippen LogP contribution >= 0.6 is 0 Å². The number of amides is 1. The quantitative estimate of drug-likeness (QED) is 0.760. The minimum atomic E-state index is -3.20. The van der Waals surface area contributed by atoms with Crippen LogP contribution in [-0.2, 0) is 14.8 Å². The van der Waals surface area contributed by atoms with Crippen molar-refractivity contribution < 1.29 is 22.7 Å². The van der Waals surface area contributed by atoms with Crippen LogP contribution in [0, 0.1) is 0 Å². The number of hydrogen-bond acceptors (Lipinski definition) is 5. The van der Waals surface area contributed by atoms with Crippen LogP contribution in [0.4, 0.5) is 0 Å². The van der Waals surface area contributed by atoms with Gasteiger partial charge in [-0.2, -0.15) is 4.31 Å². The predicted octanol–water partition coefficient (Wildman–Crippen LogP) is -0.0698. The third-order valence-corrected chi connectivity index (χ3v) is 5.11. The van der Waals surface area contributed by atoms with Gasteiger partial charge < -0.3 is 14.4 Å². The average molecular weight is 326 g/mol. The van der Waals surface area contributed by atoms with Gasteiger partial charge in [0.15, 0.2) is 11.5 Å². The topological polar surface area (TPSA) is 76.2 Å². The van der Waals surface area contributed by atoms with E-state index in [2.05, 4.69) is 0 Å². The van der Waals surface area contributed by atoms with Crippen LogP contribution in [0.25, 0.3) is 0 Å². The van der Waals surface area contributed by atoms with E-state index in [1.807, 2.05) is 12.1 Å². The van der Waals surface area contributed by atoms with Crippen molar-refractivity contribution in [1.29, 1.82) is 0 Å². The molecule has 2 aliphatic heterocycles. The Morgan fingerprint density at radius 1 is 1.14 bits per heavy atom. The molecule has 0 bridgehead atoms. The molecule has 120 valence electrons. The lowest BCUT2D eigenvalue weighted by Gasteiger charge is -2.36. The number of para-hydroxylation sites is 2. The molecule has 1 amide bonds. The largest absolute Gasteiger partial charge is 0.485 e. The number of carbonyl (C=O) groups is 1. The van der Waals surface area contributed by atoms with Crippen molar-refractivity contribution in [2.24, 2.45) is 0 Å².